The fourth-order valence-corrected chi connectivity index (χ4v) is 4.52. The molecule has 1 aliphatic rings. The van der Waals surface area contributed by atoms with Gasteiger partial charge < -0.3 is 14.5 Å². The van der Waals surface area contributed by atoms with E-state index in [4.69, 9.17) is 4.74 Å². The third kappa shape index (κ3) is 5.14. The zero-order chi connectivity index (χ0) is 21.8. The third-order valence-corrected chi connectivity index (χ3v) is 6.36. The lowest BCUT2D eigenvalue weighted by Gasteiger charge is -2.34. The van der Waals surface area contributed by atoms with Gasteiger partial charge in [0.1, 0.15) is 12.4 Å². The van der Waals surface area contributed by atoms with E-state index in [9.17, 15) is 9.59 Å². The Bertz CT molecular complexity index is 1080. The number of amides is 2. The van der Waals surface area contributed by atoms with Gasteiger partial charge in [0.15, 0.2) is 0 Å². The minimum Gasteiger partial charge on any atom is -0.489 e. The Balaban J connectivity index is 1.34. The summed E-state index contributed by atoms with van der Waals surface area (Å²) in [6, 6.07) is 19.3. The van der Waals surface area contributed by atoms with Crippen LogP contribution < -0.4 is 4.74 Å². The van der Waals surface area contributed by atoms with Crippen LogP contribution in [0.3, 0.4) is 0 Å². The van der Waals surface area contributed by atoms with Gasteiger partial charge in [-0.2, -0.15) is 0 Å². The van der Waals surface area contributed by atoms with Crippen LogP contribution in [0.1, 0.15) is 36.0 Å². The molecule has 5 nitrogen and oxygen atoms in total. The molecule has 2 aromatic carbocycles. The standard InChI is InChI=1S/C25H26N2O3S/c1-18-5-3-6-20(15-18)17-30-22-8-4-7-21(16-22)24(28)26-11-13-27(14-12-26)25(29)23-10-9-19(2)31-23/h3-10,15-16H,11-14,17H2,1-2H3. The average molecular weight is 435 g/mol. The molecule has 2 heterocycles. The van der Waals surface area contributed by atoms with Crippen LogP contribution >= 0.6 is 11.3 Å². The maximum Gasteiger partial charge on any atom is 0.264 e. The fourth-order valence-electron chi connectivity index (χ4n) is 3.69. The van der Waals surface area contributed by atoms with Gasteiger partial charge in [0.05, 0.1) is 4.88 Å². The molecule has 0 saturated carbocycles. The Morgan fingerprint density at radius 1 is 0.871 bits per heavy atom. The van der Waals surface area contributed by atoms with E-state index in [1.807, 2.05) is 59.2 Å². The van der Waals surface area contributed by atoms with Crippen LogP contribution in [0.25, 0.3) is 0 Å². The van der Waals surface area contributed by atoms with E-state index in [0.29, 0.717) is 44.1 Å². The van der Waals surface area contributed by atoms with Gasteiger partial charge in [0, 0.05) is 36.6 Å². The lowest BCUT2D eigenvalue weighted by atomic mass is 10.1. The van der Waals surface area contributed by atoms with Crippen molar-refractivity contribution < 1.29 is 14.3 Å². The molecular weight excluding hydrogens is 408 g/mol. The van der Waals surface area contributed by atoms with Crippen LogP contribution in [-0.4, -0.2) is 47.8 Å². The highest BCUT2D eigenvalue weighted by atomic mass is 32.1. The highest BCUT2D eigenvalue weighted by Gasteiger charge is 2.26. The van der Waals surface area contributed by atoms with Crippen molar-refractivity contribution in [3.8, 4) is 5.75 Å². The van der Waals surface area contributed by atoms with Crippen molar-refractivity contribution in [1.82, 2.24) is 9.80 Å². The summed E-state index contributed by atoms with van der Waals surface area (Å²) in [7, 11) is 0. The molecule has 1 aromatic heterocycles. The maximum atomic E-state index is 13.0. The highest BCUT2D eigenvalue weighted by molar-refractivity contribution is 7.13. The van der Waals surface area contributed by atoms with Crippen molar-refractivity contribution in [3.63, 3.8) is 0 Å². The number of hydrogen-bond donors (Lipinski definition) is 0. The summed E-state index contributed by atoms with van der Waals surface area (Å²) in [5, 5.41) is 0. The van der Waals surface area contributed by atoms with Gasteiger partial charge in [-0.25, -0.2) is 0 Å². The summed E-state index contributed by atoms with van der Waals surface area (Å²) in [6.45, 7) is 6.67. The van der Waals surface area contributed by atoms with Gasteiger partial charge in [0.25, 0.3) is 11.8 Å². The van der Waals surface area contributed by atoms with Crippen molar-refractivity contribution in [3.05, 3.63) is 87.1 Å². The summed E-state index contributed by atoms with van der Waals surface area (Å²) in [5.41, 5.74) is 2.89. The minimum absolute atomic E-state index is 0.0277. The molecule has 3 aromatic rings. The number of carbonyl (C=O) groups is 2. The molecule has 31 heavy (non-hydrogen) atoms. The first-order valence-electron chi connectivity index (χ1n) is 10.4. The molecule has 0 unspecified atom stereocenters. The van der Waals surface area contributed by atoms with E-state index in [0.717, 1.165) is 15.3 Å². The van der Waals surface area contributed by atoms with E-state index in [1.54, 1.807) is 6.07 Å². The van der Waals surface area contributed by atoms with Crippen LogP contribution in [0.15, 0.2) is 60.7 Å². The number of nitrogens with zero attached hydrogens (tertiary/aromatic N) is 2. The molecular formula is C25H26N2O3S. The number of carbonyl (C=O) groups excluding carboxylic acids is 2. The molecule has 0 spiro atoms. The number of piperazine rings is 1. The van der Waals surface area contributed by atoms with Crippen molar-refractivity contribution in [2.45, 2.75) is 20.5 Å². The molecule has 1 aliphatic heterocycles. The summed E-state index contributed by atoms with van der Waals surface area (Å²) in [4.78, 5) is 31.1. The molecule has 1 fully saturated rings. The lowest BCUT2D eigenvalue weighted by molar-refractivity contribution is 0.0538. The molecule has 0 atom stereocenters. The summed E-state index contributed by atoms with van der Waals surface area (Å²) in [5.74, 6) is 0.700. The number of aryl methyl sites for hydroxylation is 2. The Morgan fingerprint density at radius 2 is 1.58 bits per heavy atom. The first kappa shape index (κ1) is 21.1. The normalized spacial score (nSPS) is 13.9. The van der Waals surface area contributed by atoms with Crippen molar-refractivity contribution in [2.24, 2.45) is 0 Å². The van der Waals surface area contributed by atoms with E-state index in [-0.39, 0.29) is 11.8 Å². The first-order valence-corrected chi connectivity index (χ1v) is 11.2. The van der Waals surface area contributed by atoms with Gasteiger partial charge in [-0.05, 0) is 49.7 Å². The quantitative estimate of drug-likeness (QED) is 0.592. The molecule has 0 N–H and O–H groups in total. The Morgan fingerprint density at radius 3 is 2.26 bits per heavy atom. The third-order valence-electron chi connectivity index (χ3n) is 5.37. The van der Waals surface area contributed by atoms with Crippen LogP contribution in [0.4, 0.5) is 0 Å². The van der Waals surface area contributed by atoms with Crippen LogP contribution in [-0.2, 0) is 6.61 Å². The van der Waals surface area contributed by atoms with Crippen molar-refractivity contribution in [1.29, 1.82) is 0 Å². The molecule has 160 valence electrons. The fraction of sp³-hybridized carbons (Fsp3) is 0.280. The largest absolute Gasteiger partial charge is 0.489 e. The smallest absolute Gasteiger partial charge is 0.264 e. The van der Waals surface area contributed by atoms with E-state index in [2.05, 4.69) is 19.1 Å². The second kappa shape index (κ2) is 9.35. The second-order valence-corrected chi connectivity index (χ2v) is 9.09. The van der Waals surface area contributed by atoms with E-state index >= 15 is 0 Å². The summed E-state index contributed by atoms with van der Waals surface area (Å²) >= 11 is 1.51. The van der Waals surface area contributed by atoms with Crippen molar-refractivity contribution in [2.75, 3.05) is 26.2 Å². The van der Waals surface area contributed by atoms with Crippen LogP contribution in [0.5, 0.6) is 5.75 Å². The molecule has 0 bridgehead atoms. The van der Waals surface area contributed by atoms with Gasteiger partial charge in [-0.3, -0.25) is 9.59 Å². The van der Waals surface area contributed by atoms with Crippen molar-refractivity contribution >= 4 is 23.2 Å². The van der Waals surface area contributed by atoms with E-state index in [1.165, 1.54) is 16.9 Å². The number of hydrogen-bond acceptors (Lipinski definition) is 4. The van der Waals surface area contributed by atoms with Crippen LogP contribution in [0.2, 0.25) is 0 Å². The number of benzene rings is 2. The molecule has 4 rings (SSSR count). The number of rotatable bonds is 5. The van der Waals surface area contributed by atoms with E-state index < -0.39 is 0 Å². The molecule has 1 saturated heterocycles. The minimum atomic E-state index is -0.0277. The van der Waals surface area contributed by atoms with Crippen LogP contribution in [0, 0.1) is 13.8 Å². The zero-order valence-corrected chi connectivity index (χ0v) is 18.7. The average Bonchev–Trinajstić information content (AvgIpc) is 3.23. The van der Waals surface area contributed by atoms with Gasteiger partial charge in [-0.15, -0.1) is 11.3 Å². The topological polar surface area (TPSA) is 49.9 Å². The SMILES string of the molecule is Cc1cccc(COc2cccc(C(=O)N3CCN(C(=O)c4ccc(C)s4)CC3)c2)c1. The monoisotopic (exact) mass is 434 g/mol. The van der Waals surface area contributed by atoms with Gasteiger partial charge >= 0.3 is 0 Å². The number of ether oxygens (including phenoxy) is 1. The van der Waals surface area contributed by atoms with Gasteiger partial charge in [0.2, 0.25) is 0 Å². The van der Waals surface area contributed by atoms with Gasteiger partial charge in [-0.1, -0.05) is 35.9 Å². The zero-order valence-electron chi connectivity index (χ0n) is 17.8. The summed E-state index contributed by atoms with van der Waals surface area (Å²) in [6.07, 6.45) is 0. The molecule has 2 amide bonds. The molecule has 6 heteroatoms. The Hall–Kier alpha value is -3.12. The summed E-state index contributed by atoms with van der Waals surface area (Å²) < 4.78 is 5.90. The lowest BCUT2D eigenvalue weighted by Crippen LogP contribution is -2.50. The maximum absolute atomic E-state index is 13.0. The Labute approximate surface area is 186 Å². The molecule has 0 radical (unpaired) electrons. The first-order chi connectivity index (χ1) is 15.0. The second-order valence-electron chi connectivity index (χ2n) is 7.80. The Kier molecular flexibility index (Phi) is 6.37. The number of thiophene rings is 1. The highest BCUT2D eigenvalue weighted by Crippen LogP contribution is 2.20. The predicted molar refractivity (Wildman–Crippen MR) is 123 cm³/mol. The predicted octanol–water partition coefficient (Wildman–Crippen LogP) is 4.54. The molecule has 0 aliphatic carbocycles.